The van der Waals surface area contributed by atoms with Gasteiger partial charge in [0.1, 0.15) is 11.6 Å². The molecule has 2 amide bonds. The van der Waals surface area contributed by atoms with E-state index in [4.69, 9.17) is 16.3 Å². The fraction of sp³-hybridized carbons (Fsp3) is 0.391. The minimum absolute atomic E-state index is 0.0345. The van der Waals surface area contributed by atoms with Gasteiger partial charge in [-0.1, -0.05) is 36.7 Å². The van der Waals surface area contributed by atoms with E-state index in [1.165, 1.54) is 18.2 Å². The summed E-state index contributed by atoms with van der Waals surface area (Å²) in [5.74, 6) is 0.0735. The van der Waals surface area contributed by atoms with Crippen LogP contribution in [-0.4, -0.2) is 54.9 Å². The number of amides is 2. The normalized spacial score (nSPS) is 15.1. The molecule has 5 nitrogen and oxygen atoms in total. The zero-order valence-electron chi connectivity index (χ0n) is 17.2. The third-order valence-corrected chi connectivity index (χ3v) is 5.60. The summed E-state index contributed by atoms with van der Waals surface area (Å²) in [4.78, 5) is 28.7. The van der Waals surface area contributed by atoms with Crippen molar-refractivity contribution in [2.75, 3.05) is 33.3 Å². The van der Waals surface area contributed by atoms with Gasteiger partial charge in [-0.2, -0.15) is 0 Å². The van der Waals surface area contributed by atoms with Crippen LogP contribution in [0.15, 0.2) is 42.5 Å². The van der Waals surface area contributed by atoms with Crippen LogP contribution in [0.4, 0.5) is 4.39 Å². The molecule has 0 bridgehead atoms. The molecular weight excluding hydrogens is 407 g/mol. The number of piperazine rings is 1. The average Bonchev–Trinajstić information content (AvgIpc) is 2.75. The number of rotatable bonds is 6. The van der Waals surface area contributed by atoms with Gasteiger partial charge in [0.15, 0.2) is 0 Å². The lowest BCUT2D eigenvalue weighted by Crippen LogP contribution is -2.51. The summed E-state index contributed by atoms with van der Waals surface area (Å²) in [6.07, 6.45) is 1.18. The topological polar surface area (TPSA) is 49.9 Å². The lowest BCUT2D eigenvalue weighted by atomic mass is 9.96. The van der Waals surface area contributed by atoms with Crippen LogP contribution in [0.2, 0.25) is 5.02 Å². The van der Waals surface area contributed by atoms with Crippen molar-refractivity contribution < 1.29 is 18.7 Å². The Kier molecular flexibility index (Phi) is 7.32. The van der Waals surface area contributed by atoms with Gasteiger partial charge in [-0.05, 0) is 42.2 Å². The smallest absolute Gasteiger partial charge is 0.257 e. The molecule has 1 saturated heterocycles. The molecule has 1 heterocycles. The molecular formula is C23H26ClFN2O3. The first kappa shape index (κ1) is 22.1. The Morgan fingerprint density at radius 2 is 1.77 bits per heavy atom. The number of nitrogens with zero attached hydrogens (tertiary/aromatic N) is 2. The van der Waals surface area contributed by atoms with E-state index in [1.807, 2.05) is 31.2 Å². The first-order chi connectivity index (χ1) is 14.4. The Morgan fingerprint density at radius 3 is 2.47 bits per heavy atom. The first-order valence-corrected chi connectivity index (χ1v) is 10.4. The number of para-hydroxylation sites is 1. The molecule has 0 aromatic heterocycles. The first-order valence-electron chi connectivity index (χ1n) is 10.0. The standard InChI is InChI=1S/C23H26ClFN2O3/c1-16(13-17-5-3-4-6-21(17)30-2)14-22(28)26-9-11-27(12-10-26)23(29)19-15-18(24)7-8-20(19)25/h3-8,15-16H,9-14H2,1-2H3. The Morgan fingerprint density at radius 1 is 1.10 bits per heavy atom. The predicted molar refractivity (Wildman–Crippen MR) is 114 cm³/mol. The van der Waals surface area contributed by atoms with Crippen molar-refractivity contribution in [2.45, 2.75) is 19.8 Å². The SMILES string of the molecule is COc1ccccc1CC(C)CC(=O)N1CCN(C(=O)c2cc(Cl)ccc2F)CC1. The van der Waals surface area contributed by atoms with Crippen molar-refractivity contribution in [3.05, 3.63) is 64.4 Å². The molecule has 7 heteroatoms. The van der Waals surface area contributed by atoms with Gasteiger partial charge in [-0.15, -0.1) is 0 Å². The summed E-state index contributed by atoms with van der Waals surface area (Å²) >= 11 is 5.89. The zero-order chi connectivity index (χ0) is 21.7. The average molecular weight is 433 g/mol. The molecule has 30 heavy (non-hydrogen) atoms. The Hall–Kier alpha value is -2.60. The molecule has 2 aromatic rings. The largest absolute Gasteiger partial charge is 0.496 e. The van der Waals surface area contributed by atoms with Crippen LogP contribution < -0.4 is 4.74 Å². The Labute approximate surface area is 181 Å². The second-order valence-corrected chi connectivity index (χ2v) is 8.06. The van der Waals surface area contributed by atoms with Crippen molar-refractivity contribution in [2.24, 2.45) is 5.92 Å². The fourth-order valence-corrected chi connectivity index (χ4v) is 3.91. The maximum absolute atomic E-state index is 14.0. The molecule has 1 atom stereocenters. The van der Waals surface area contributed by atoms with Gasteiger partial charge in [0.2, 0.25) is 5.91 Å². The molecule has 0 aliphatic carbocycles. The van der Waals surface area contributed by atoms with Gasteiger partial charge < -0.3 is 14.5 Å². The maximum atomic E-state index is 14.0. The highest BCUT2D eigenvalue weighted by Crippen LogP contribution is 2.23. The quantitative estimate of drug-likeness (QED) is 0.692. The minimum Gasteiger partial charge on any atom is -0.496 e. The van der Waals surface area contributed by atoms with Crippen LogP contribution in [0, 0.1) is 11.7 Å². The number of carbonyl (C=O) groups excluding carboxylic acids is 2. The van der Waals surface area contributed by atoms with Gasteiger partial charge in [-0.25, -0.2) is 4.39 Å². The molecule has 160 valence electrons. The third-order valence-electron chi connectivity index (χ3n) is 5.36. The summed E-state index contributed by atoms with van der Waals surface area (Å²) in [6, 6.07) is 11.8. The third kappa shape index (κ3) is 5.30. The highest BCUT2D eigenvalue weighted by Gasteiger charge is 2.27. The number of methoxy groups -OCH3 is 1. The van der Waals surface area contributed by atoms with E-state index in [2.05, 4.69) is 0 Å². The van der Waals surface area contributed by atoms with E-state index in [0.29, 0.717) is 37.6 Å². The molecule has 0 spiro atoms. The van der Waals surface area contributed by atoms with Crippen LogP contribution in [0.5, 0.6) is 5.75 Å². The van der Waals surface area contributed by atoms with Gasteiger partial charge in [0.25, 0.3) is 5.91 Å². The second-order valence-electron chi connectivity index (χ2n) is 7.62. The summed E-state index contributed by atoms with van der Waals surface area (Å²) in [5, 5.41) is 0.317. The van der Waals surface area contributed by atoms with Gasteiger partial charge in [0, 0.05) is 37.6 Å². The molecule has 3 rings (SSSR count). The van der Waals surface area contributed by atoms with Crippen LogP contribution >= 0.6 is 11.6 Å². The molecule has 0 radical (unpaired) electrons. The van der Waals surface area contributed by atoms with Crippen LogP contribution in [-0.2, 0) is 11.2 Å². The number of hydrogen-bond donors (Lipinski definition) is 0. The van der Waals surface area contributed by atoms with Gasteiger partial charge in [0.05, 0.1) is 12.7 Å². The lowest BCUT2D eigenvalue weighted by Gasteiger charge is -2.35. The predicted octanol–water partition coefficient (Wildman–Crippen LogP) is 4.04. The molecule has 1 unspecified atom stereocenters. The van der Waals surface area contributed by atoms with E-state index in [9.17, 15) is 14.0 Å². The van der Waals surface area contributed by atoms with E-state index in [-0.39, 0.29) is 17.4 Å². The van der Waals surface area contributed by atoms with Gasteiger partial charge in [-0.3, -0.25) is 9.59 Å². The van der Waals surface area contributed by atoms with Crippen molar-refractivity contribution in [3.63, 3.8) is 0 Å². The summed E-state index contributed by atoms with van der Waals surface area (Å²) in [7, 11) is 1.64. The minimum atomic E-state index is -0.590. The van der Waals surface area contributed by atoms with E-state index < -0.39 is 11.7 Å². The highest BCUT2D eigenvalue weighted by molar-refractivity contribution is 6.31. The second kappa shape index (κ2) is 9.94. The van der Waals surface area contributed by atoms with E-state index in [0.717, 1.165) is 17.7 Å². The number of halogens is 2. The molecule has 1 aliphatic heterocycles. The van der Waals surface area contributed by atoms with Crippen molar-refractivity contribution in [3.8, 4) is 5.75 Å². The summed E-state index contributed by atoms with van der Waals surface area (Å²) in [6.45, 7) is 3.67. The molecule has 2 aromatic carbocycles. The molecule has 1 fully saturated rings. The zero-order valence-corrected chi connectivity index (χ0v) is 18.0. The van der Waals surface area contributed by atoms with E-state index in [1.54, 1.807) is 16.9 Å². The molecule has 0 saturated carbocycles. The fourth-order valence-electron chi connectivity index (χ4n) is 3.74. The van der Waals surface area contributed by atoms with Crippen molar-refractivity contribution in [1.29, 1.82) is 0 Å². The summed E-state index contributed by atoms with van der Waals surface area (Å²) in [5.41, 5.74) is 1.05. The molecule has 0 N–H and O–H groups in total. The number of benzene rings is 2. The monoisotopic (exact) mass is 432 g/mol. The number of hydrogen-bond acceptors (Lipinski definition) is 3. The van der Waals surface area contributed by atoms with Crippen molar-refractivity contribution >= 4 is 23.4 Å². The van der Waals surface area contributed by atoms with Crippen LogP contribution in [0.25, 0.3) is 0 Å². The van der Waals surface area contributed by atoms with Crippen molar-refractivity contribution in [1.82, 2.24) is 9.80 Å². The number of ether oxygens (including phenoxy) is 1. The van der Waals surface area contributed by atoms with Crippen LogP contribution in [0.3, 0.4) is 0 Å². The van der Waals surface area contributed by atoms with E-state index >= 15 is 0 Å². The Bertz CT molecular complexity index is 913. The Balaban J connectivity index is 1.52. The maximum Gasteiger partial charge on any atom is 0.257 e. The number of carbonyl (C=O) groups is 2. The lowest BCUT2D eigenvalue weighted by molar-refractivity contribution is -0.133. The highest BCUT2D eigenvalue weighted by atomic mass is 35.5. The molecule has 1 aliphatic rings. The summed E-state index contributed by atoms with van der Waals surface area (Å²) < 4.78 is 19.4. The van der Waals surface area contributed by atoms with Crippen LogP contribution in [0.1, 0.15) is 29.3 Å². The van der Waals surface area contributed by atoms with Gasteiger partial charge >= 0.3 is 0 Å².